The fourth-order valence-electron chi connectivity index (χ4n) is 1.92. The van der Waals surface area contributed by atoms with Crippen molar-refractivity contribution in [1.82, 2.24) is 4.98 Å². The number of thiazole rings is 1. The Morgan fingerprint density at radius 2 is 1.88 bits per heavy atom. The van der Waals surface area contributed by atoms with Crippen LogP contribution < -0.4 is 5.43 Å². The van der Waals surface area contributed by atoms with Gasteiger partial charge in [-0.05, 0) is 29.8 Å². The molecule has 0 aliphatic heterocycles. The van der Waals surface area contributed by atoms with Crippen LogP contribution in [0.2, 0.25) is 0 Å². The van der Waals surface area contributed by atoms with Crippen LogP contribution in [0.1, 0.15) is 5.56 Å². The molecule has 1 heterocycles. The molecule has 0 saturated carbocycles. The van der Waals surface area contributed by atoms with Gasteiger partial charge in [0.15, 0.2) is 0 Å². The van der Waals surface area contributed by atoms with Gasteiger partial charge in [-0.15, -0.1) is 11.3 Å². The number of non-ortho nitro benzene ring substituents is 1. The molecule has 120 valence electrons. The van der Waals surface area contributed by atoms with E-state index < -0.39 is 4.92 Å². The molecule has 8 heteroatoms. The summed E-state index contributed by atoms with van der Waals surface area (Å²) in [6, 6.07) is 12.1. The van der Waals surface area contributed by atoms with E-state index in [-0.39, 0.29) is 11.5 Å². The lowest BCUT2D eigenvalue weighted by Crippen LogP contribution is -1.90. The molecule has 1 aromatic heterocycles. The van der Waals surface area contributed by atoms with E-state index in [1.165, 1.54) is 35.6 Å². The number of aromatic nitrogens is 1. The molecule has 0 radical (unpaired) electrons. The van der Waals surface area contributed by atoms with E-state index in [0.717, 1.165) is 11.1 Å². The summed E-state index contributed by atoms with van der Waals surface area (Å²) in [5, 5.41) is 17.1. The zero-order valence-corrected chi connectivity index (χ0v) is 13.0. The molecule has 0 bridgehead atoms. The second-order valence-corrected chi connectivity index (χ2v) is 5.62. The van der Waals surface area contributed by atoms with Gasteiger partial charge in [0.1, 0.15) is 5.82 Å². The maximum absolute atomic E-state index is 12.8. The Hall–Kier alpha value is -3.13. The molecule has 0 unspecified atom stereocenters. The Labute approximate surface area is 140 Å². The molecule has 2 aromatic carbocycles. The molecule has 0 spiro atoms. The van der Waals surface area contributed by atoms with Crippen molar-refractivity contribution in [3.63, 3.8) is 0 Å². The van der Waals surface area contributed by atoms with Gasteiger partial charge in [0.25, 0.3) is 5.69 Å². The zero-order chi connectivity index (χ0) is 16.9. The molecule has 1 N–H and O–H groups in total. The van der Waals surface area contributed by atoms with E-state index in [0.29, 0.717) is 10.8 Å². The molecule has 0 aliphatic carbocycles. The highest BCUT2D eigenvalue weighted by molar-refractivity contribution is 7.14. The largest absolute Gasteiger partial charge is 0.269 e. The van der Waals surface area contributed by atoms with Crippen LogP contribution in [0.5, 0.6) is 0 Å². The lowest BCUT2D eigenvalue weighted by Gasteiger charge is -1.96. The summed E-state index contributed by atoms with van der Waals surface area (Å²) in [6.45, 7) is 0. The number of nitro groups is 1. The van der Waals surface area contributed by atoms with Gasteiger partial charge in [-0.3, -0.25) is 15.5 Å². The summed E-state index contributed by atoms with van der Waals surface area (Å²) in [5.74, 6) is -0.298. The van der Waals surface area contributed by atoms with Crippen molar-refractivity contribution < 1.29 is 9.31 Å². The summed E-state index contributed by atoms with van der Waals surface area (Å²) in [6.07, 6.45) is 1.56. The Morgan fingerprint density at radius 3 is 2.54 bits per heavy atom. The number of hydrogen-bond donors (Lipinski definition) is 1. The van der Waals surface area contributed by atoms with Crippen molar-refractivity contribution in [3.8, 4) is 11.3 Å². The Morgan fingerprint density at radius 1 is 1.17 bits per heavy atom. The maximum atomic E-state index is 12.8. The van der Waals surface area contributed by atoms with Gasteiger partial charge in [0, 0.05) is 23.1 Å². The molecular formula is C16H11FN4O2S. The third-order valence-corrected chi connectivity index (χ3v) is 3.87. The van der Waals surface area contributed by atoms with Crippen molar-refractivity contribution >= 4 is 28.4 Å². The van der Waals surface area contributed by atoms with Gasteiger partial charge in [0.05, 0.1) is 16.8 Å². The van der Waals surface area contributed by atoms with Gasteiger partial charge < -0.3 is 0 Å². The van der Waals surface area contributed by atoms with Crippen molar-refractivity contribution in [1.29, 1.82) is 0 Å². The summed E-state index contributed by atoms with van der Waals surface area (Å²) in [7, 11) is 0. The van der Waals surface area contributed by atoms with E-state index in [4.69, 9.17) is 0 Å². The molecule has 0 amide bonds. The number of nitro benzene ring substituents is 1. The predicted molar refractivity (Wildman–Crippen MR) is 91.8 cm³/mol. The van der Waals surface area contributed by atoms with Crippen LogP contribution in [0.4, 0.5) is 15.2 Å². The standard InChI is InChI=1S/C16H11FN4O2S/c17-13-5-1-11(2-6-13)9-18-20-16-19-15(10-24-16)12-3-7-14(8-4-12)21(22)23/h1-10H,(H,19,20). The topological polar surface area (TPSA) is 80.4 Å². The van der Waals surface area contributed by atoms with Crippen molar-refractivity contribution in [3.05, 3.63) is 75.4 Å². The van der Waals surface area contributed by atoms with Crippen LogP contribution in [-0.4, -0.2) is 16.1 Å². The van der Waals surface area contributed by atoms with Crippen LogP contribution >= 0.6 is 11.3 Å². The Bertz CT molecular complexity index is 876. The highest BCUT2D eigenvalue weighted by Crippen LogP contribution is 2.26. The third kappa shape index (κ3) is 3.79. The third-order valence-electron chi connectivity index (χ3n) is 3.12. The number of halogens is 1. The van der Waals surface area contributed by atoms with Crippen LogP contribution in [0.15, 0.2) is 59.0 Å². The Kier molecular flexibility index (Phi) is 4.57. The lowest BCUT2D eigenvalue weighted by atomic mass is 10.1. The second-order valence-electron chi connectivity index (χ2n) is 4.76. The van der Waals surface area contributed by atoms with Gasteiger partial charge in [-0.2, -0.15) is 5.10 Å². The SMILES string of the molecule is O=[N+]([O-])c1ccc(-c2csc(NN=Cc3ccc(F)cc3)n2)cc1. The highest BCUT2D eigenvalue weighted by atomic mass is 32.1. The normalized spacial score (nSPS) is 10.9. The van der Waals surface area contributed by atoms with Gasteiger partial charge >= 0.3 is 0 Å². The molecular weight excluding hydrogens is 331 g/mol. The smallest absolute Gasteiger partial charge is 0.258 e. The first kappa shape index (κ1) is 15.8. The quantitative estimate of drug-likeness (QED) is 0.426. The number of benzene rings is 2. The first-order valence-corrected chi connectivity index (χ1v) is 7.75. The van der Waals surface area contributed by atoms with Crippen LogP contribution in [-0.2, 0) is 0 Å². The highest BCUT2D eigenvalue weighted by Gasteiger charge is 2.07. The van der Waals surface area contributed by atoms with E-state index >= 15 is 0 Å². The predicted octanol–water partition coefficient (Wildman–Crippen LogP) is 4.30. The van der Waals surface area contributed by atoms with Crippen LogP contribution in [0.25, 0.3) is 11.3 Å². The summed E-state index contributed by atoms with van der Waals surface area (Å²) in [5.41, 5.74) is 5.09. The summed E-state index contributed by atoms with van der Waals surface area (Å²) in [4.78, 5) is 14.6. The molecule has 0 aliphatic rings. The average Bonchev–Trinajstić information content (AvgIpc) is 3.06. The minimum absolute atomic E-state index is 0.0382. The van der Waals surface area contributed by atoms with E-state index in [2.05, 4.69) is 15.5 Å². The van der Waals surface area contributed by atoms with Crippen molar-refractivity contribution in [2.45, 2.75) is 0 Å². The van der Waals surface area contributed by atoms with Crippen molar-refractivity contribution in [2.75, 3.05) is 5.43 Å². The summed E-state index contributed by atoms with van der Waals surface area (Å²) >= 11 is 1.36. The molecule has 0 atom stereocenters. The van der Waals surface area contributed by atoms with Gasteiger partial charge in [-0.25, -0.2) is 9.37 Å². The maximum Gasteiger partial charge on any atom is 0.269 e. The number of anilines is 1. The lowest BCUT2D eigenvalue weighted by molar-refractivity contribution is -0.384. The minimum atomic E-state index is -0.442. The first-order valence-electron chi connectivity index (χ1n) is 6.87. The second kappa shape index (κ2) is 6.97. The van der Waals surface area contributed by atoms with Crippen LogP contribution in [0.3, 0.4) is 0 Å². The zero-order valence-electron chi connectivity index (χ0n) is 12.2. The average molecular weight is 342 g/mol. The first-order chi connectivity index (χ1) is 11.6. The molecule has 6 nitrogen and oxygen atoms in total. The number of nitrogens with zero attached hydrogens (tertiary/aromatic N) is 3. The van der Waals surface area contributed by atoms with E-state index in [1.807, 2.05) is 5.38 Å². The van der Waals surface area contributed by atoms with Crippen molar-refractivity contribution in [2.24, 2.45) is 5.10 Å². The fourth-order valence-corrected chi connectivity index (χ4v) is 2.59. The molecule has 0 fully saturated rings. The van der Waals surface area contributed by atoms with E-state index in [1.54, 1.807) is 30.5 Å². The molecule has 24 heavy (non-hydrogen) atoms. The Balaban J connectivity index is 1.67. The number of hydrogen-bond acceptors (Lipinski definition) is 6. The van der Waals surface area contributed by atoms with Gasteiger partial charge in [-0.1, -0.05) is 12.1 Å². The number of nitrogens with one attached hydrogen (secondary N) is 1. The van der Waals surface area contributed by atoms with Gasteiger partial charge in [0.2, 0.25) is 5.13 Å². The minimum Gasteiger partial charge on any atom is -0.258 e. The fraction of sp³-hybridized carbons (Fsp3) is 0. The monoisotopic (exact) mass is 342 g/mol. The summed E-state index contributed by atoms with van der Waals surface area (Å²) < 4.78 is 12.8. The van der Waals surface area contributed by atoms with Crippen LogP contribution in [0, 0.1) is 15.9 Å². The van der Waals surface area contributed by atoms with E-state index in [9.17, 15) is 14.5 Å². The molecule has 0 saturated heterocycles. The number of hydrazone groups is 1. The number of rotatable bonds is 5. The molecule has 3 rings (SSSR count). The molecule has 3 aromatic rings.